The first kappa shape index (κ1) is 17.9. The van der Waals surface area contributed by atoms with E-state index in [0.29, 0.717) is 0 Å². The Balaban J connectivity index is 1.66. The predicted molar refractivity (Wildman–Crippen MR) is 98.8 cm³/mol. The first-order valence-corrected chi connectivity index (χ1v) is 10.0. The fourth-order valence-corrected chi connectivity index (χ4v) is 4.68. The summed E-state index contributed by atoms with van der Waals surface area (Å²) in [5.41, 5.74) is 0. The van der Waals surface area contributed by atoms with Crippen LogP contribution in [-0.2, 0) is 0 Å². The molecule has 2 aliphatic rings. The summed E-state index contributed by atoms with van der Waals surface area (Å²) in [6, 6.07) is 0. The molecule has 2 saturated heterocycles. The molecule has 2 fully saturated rings. The molecule has 0 radical (unpaired) electrons. The molecular formula is C17H34N4S. The van der Waals surface area contributed by atoms with Gasteiger partial charge in [0.15, 0.2) is 5.96 Å². The molecule has 0 aliphatic carbocycles. The second-order valence-electron chi connectivity index (χ2n) is 7.13. The molecule has 0 saturated carbocycles. The molecule has 0 amide bonds. The van der Waals surface area contributed by atoms with Crippen molar-refractivity contribution in [2.24, 2.45) is 16.8 Å². The van der Waals surface area contributed by atoms with Crippen molar-refractivity contribution in [3.8, 4) is 0 Å². The van der Waals surface area contributed by atoms with Crippen LogP contribution in [-0.4, -0.2) is 61.6 Å². The van der Waals surface area contributed by atoms with Crippen molar-refractivity contribution in [3.05, 3.63) is 0 Å². The number of hydrogen-bond acceptors (Lipinski definition) is 3. The minimum absolute atomic E-state index is 0.756. The maximum absolute atomic E-state index is 4.37. The molecule has 0 spiro atoms. The SMILES string of the molecule is CN=C(NCC1CCCN(CC(C)C)C1)NCC1CCCS1. The van der Waals surface area contributed by atoms with E-state index in [9.17, 15) is 0 Å². The molecule has 2 atom stereocenters. The maximum Gasteiger partial charge on any atom is 0.191 e. The summed E-state index contributed by atoms with van der Waals surface area (Å²) in [4.78, 5) is 7.00. The van der Waals surface area contributed by atoms with Gasteiger partial charge in [0.25, 0.3) is 0 Å². The van der Waals surface area contributed by atoms with Gasteiger partial charge in [0.05, 0.1) is 0 Å². The van der Waals surface area contributed by atoms with Crippen LogP contribution in [0.3, 0.4) is 0 Å². The number of hydrogen-bond donors (Lipinski definition) is 2. The average Bonchev–Trinajstić information content (AvgIpc) is 3.00. The first-order valence-electron chi connectivity index (χ1n) is 8.96. The van der Waals surface area contributed by atoms with Crippen molar-refractivity contribution in [1.29, 1.82) is 0 Å². The van der Waals surface area contributed by atoms with E-state index >= 15 is 0 Å². The lowest BCUT2D eigenvalue weighted by Gasteiger charge is -2.34. The minimum atomic E-state index is 0.756. The van der Waals surface area contributed by atoms with Crippen LogP contribution in [0.5, 0.6) is 0 Å². The van der Waals surface area contributed by atoms with E-state index in [1.54, 1.807) is 0 Å². The Labute approximate surface area is 140 Å². The minimum Gasteiger partial charge on any atom is -0.356 e. The number of nitrogens with one attached hydrogen (secondary N) is 2. The zero-order valence-electron chi connectivity index (χ0n) is 14.6. The lowest BCUT2D eigenvalue weighted by Crippen LogP contribution is -2.46. The molecular weight excluding hydrogens is 292 g/mol. The Morgan fingerprint density at radius 3 is 2.73 bits per heavy atom. The number of piperidine rings is 1. The maximum atomic E-state index is 4.37. The molecule has 2 aliphatic heterocycles. The second kappa shape index (κ2) is 9.66. The van der Waals surface area contributed by atoms with Crippen LogP contribution < -0.4 is 10.6 Å². The third-order valence-corrected chi connectivity index (χ3v) is 5.93. The molecule has 2 unspecified atom stereocenters. The van der Waals surface area contributed by atoms with Gasteiger partial charge in [-0.25, -0.2) is 0 Å². The molecule has 0 bridgehead atoms. The van der Waals surface area contributed by atoms with Crippen LogP contribution in [0.1, 0.15) is 39.5 Å². The Kier molecular flexibility index (Phi) is 7.87. The van der Waals surface area contributed by atoms with E-state index in [0.717, 1.165) is 36.1 Å². The van der Waals surface area contributed by atoms with Crippen LogP contribution >= 0.6 is 11.8 Å². The van der Waals surface area contributed by atoms with Gasteiger partial charge in [0.1, 0.15) is 0 Å². The van der Waals surface area contributed by atoms with Gasteiger partial charge in [-0.15, -0.1) is 0 Å². The molecule has 4 nitrogen and oxygen atoms in total. The Morgan fingerprint density at radius 1 is 1.23 bits per heavy atom. The highest BCUT2D eigenvalue weighted by Crippen LogP contribution is 2.25. The van der Waals surface area contributed by atoms with Crippen LogP contribution in [0.25, 0.3) is 0 Å². The van der Waals surface area contributed by atoms with Gasteiger partial charge in [-0.1, -0.05) is 13.8 Å². The lowest BCUT2D eigenvalue weighted by atomic mass is 9.97. The van der Waals surface area contributed by atoms with Crippen molar-refractivity contribution in [1.82, 2.24) is 15.5 Å². The van der Waals surface area contributed by atoms with Crippen molar-refractivity contribution in [2.75, 3.05) is 45.5 Å². The van der Waals surface area contributed by atoms with E-state index < -0.39 is 0 Å². The second-order valence-corrected chi connectivity index (χ2v) is 8.54. The van der Waals surface area contributed by atoms with Gasteiger partial charge in [-0.3, -0.25) is 4.99 Å². The highest BCUT2D eigenvalue weighted by Gasteiger charge is 2.21. The van der Waals surface area contributed by atoms with Crippen LogP contribution in [0.4, 0.5) is 0 Å². The topological polar surface area (TPSA) is 39.7 Å². The molecule has 0 aromatic carbocycles. The summed E-state index contributed by atoms with van der Waals surface area (Å²) in [7, 11) is 1.88. The predicted octanol–water partition coefficient (Wildman–Crippen LogP) is 2.42. The normalized spacial score (nSPS) is 27.4. The molecule has 0 aromatic heterocycles. The van der Waals surface area contributed by atoms with E-state index in [-0.39, 0.29) is 0 Å². The summed E-state index contributed by atoms with van der Waals surface area (Å²) in [5.74, 6) is 3.83. The monoisotopic (exact) mass is 326 g/mol. The number of guanidine groups is 1. The molecule has 2 N–H and O–H groups in total. The van der Waals surface area contributed by atoms with Crippen LogP contribution in [0.15, 0.2) is 4.99 Å². The number of thioether (sulfide) groups is 1. The number of rotatable bonds is 6. The molecule has 0 aromatic rings. The number of nitrogens with zero attached hydrogens (tertiary/aromatic N) is 2. The summed E-state index contributed by atoms with van der Waals surface area (Å²) < 4.78 is 0. The van der Waals surface area contributed by atoms with Crippen molar-refractivity contribution in [2.45, 2.75) is 44.8 Å². The van der Waals surface area contributed by atoms with E-state index in [2.05, 4.69) is 46.1 Å². The Morgan fingerprint density at radius 2 is 2.05 bits per heavy atom. The zero-order chi connectivity index (χ0) is 15.8. The van der Waals surface area contributed by atoms with E-state index in [4.69, 9.17) is 0 Å². The first-order chi connectivity index (χ1) is 10.7. The van der Waals surface area contributed by atoms with Gasteiger partial charge in [0, 0.05) is 38.5 Å². The van der Waals surface area contributed by atoms with Crippen molar-refractivity contribution >= 4 is 17.7 Å². The fourth-order valence-electron chi connectivity index (χ4n) is 3.48. The zero-order valence-corrected chi connectivity index (χ0v) is 15.4. The van der Waals surface area contributed by atoms with Gasteiger partial charge < -0.3 is 15.5 Å². The van der Waals surface area contributed by atoms with Gasteiger partial charge >= 0.3 is 0 Å². The third kappa shape index (κ3) is 6.37. The average molecular weight is 327 g/mol. The lowest BCUT2D eigenvalue weighted by molar-refractivity contribution is 0.159. The Bertz CT molecular complexity index is 340. The standard InChI is InChI=1S/C17H34N4S/c1-14(2)12-21-8-4-6-15(13-21)10-19-17(18-3)20-11-16-7-5-9-22-16/h14-16H,4-13H2,1-3H3,(H2,18,19,20). The highest BCUT2D eigenvalue weighted by molar-refractivity contribution is 8.00. The summed E-state index contributed by atoms with van der Waals surface area (Å²) >= 11 is 2.09. The molecule has 2 heterocycles. The molecule has 128 valence electrons. The Hall–Kier alpha value is -0.420. The molecule has 2 rings (SSSR count). The van der Waals surface area contributed by atoms with Crippen LogP contribution in [0.2, 0.25) is 0 Å². The van der Waals surface area contributed by atoms with E-state index in [1.807, 2.05) is 7.05 Å². The van der Waals surface area contributed by atoms with Gasteiger partial charge in [0.2, 0.25) is 0 Å². The summed E-state index contributed by atoms with van der Waals surface area (Å²) in [6.45, 7) is 10.5. The summed E-state index contributed by atoms with van der Waals surface area (Å²) in [5, 5.41) is 7.81. The largest absolute Gasteiger partial charge is 0.356 e. The smallest absolute Gasteiger partial charge is 0.191 e. The fraction of sp³-hybridized carbons (Fsp3) is 0.941. The molecule has 22 heavy (non-hydrogen) atoms. The number of aliphatic imine (C=N–C) groups is 1. The third-order valence-electron chi connectivity index (χ3n) is 4.53. The number of likely N-dealkylation sites (tertiary alicyclic amines) is 1. The summed E-state index contributed by atoms with van der Waals surface area (Å²) in [6.07, 6.45) is 5.40. The van der Waals surface area contributed by atoms with Gasteiger partial charge in [-0.2, -0.15) is 11.8 Å². The van der Waals surface area contributed by atoms with Crippen LogP contribution in [0, 0.1) is 11.8 Å². The van der Waals surface area contributed by atoms with Crippen molar-refractivity contribution in [3.63, 3.8) is 0 Å². The highest BCUT2D eigenvalue weighted by atomic mass is 32.2. The quantitative estimate of drug-likeness (QED) is 0.581. The van der Waals surface area contributed by atoms with Gasteiger partial charge in [-0.05, 0) is 49.8 Å². The van der Waals surface area contributed by atoms with E-state index in [1.165, 1.54) is 51.1 Å². The molecule has 5 heteroatoms. The van der Waals surface area contributed by atoms with Crippen molar-refractivity contribution < 1.29 is 0 Å².